The largest absolute Gasteiger partial charge is 0.375 e. The second kappa shape index (κ2) is 8.20. The Morgan fingerprint density at radius 2 is 1.95 bits per heavy atom. The molecule has 1 aromatic carbocycles. The van der Waals surface area contributed by atoms with Crippen LogP contribution in [0.3, 0.4) is 0 Å². The topological polar surface area (TPSA) is 50.4 Å². The van der Waals surface area contributed by atoms with Gasteiger partial charge in [0.15, 0.2) is 0 Å². The smallest absolute Gasteiger partial charge is 0.244 e. The molecule has 0 spiro atoms. The second-order valence-corrected chi connectivity index (χ2v) is 8.14. The van der Waals surface area contributed by atoms with Crippen molar-refractivity contribution in [2.75, 3.05) is 18.5 Å². The van der Waals surface area contributed by atoms with Gasteiger partial charge in [-0.25, -0.2) is 0 Å². The minimum atomic E-state index is -0.289. The molecule has 0 bridgehead atoms. The molecule has 2 rings (SSSR count). The Morgan fingerprint density at radius 3 is 2.50 bits per heavy atom. The van der Waals surface area contributed by atoms with E-state index in [1.165, 1.54) is 4.90 Å². The second-order valence-electron chi connectivity index (χ2n) is 6.24. The average molecular weight is 345 g/mol. The molecule has 1 amide bonds. The molecule has 1 aliphatic heterocycles. The molecule has 124 valence electrons. The molecule has 1 aromatic rings. The molecular formula is C16H25ClN2O2S. The fourth-order valence-corrected chi connectivity index (χ4v) is 3.19. The molecule has 0 aromatic heterocycles. The fourth-order valence-electron chi connectivity index (χ4n) is 2.21. The van der Waals surface area contributed by atoms with Crippen molar-refractivity contribution in [1.82, 2.24) is 5.32 Å². The van der Waals surface area contributed by atoms with Crippen LogP contribution >= 0.6 is 24.2 Å². The van der Waals surface area contributed by atoms with Crippen LogP contribution in [0.1, 0.15) is 27.7 Å². The molecule has 0 radical (unpaired) electrons. The van der Waals surface area contributed by atoms with E-state index in [0.29, 0.717) is 13.2 Å². The lowest BCUT2D eigenvalue weighted by Gasteiger charge is -2.29. The first kappa shape index (κ1) is 19.3. The normalized spacial score (nSPS) is 21.8. The summed E-state index contributed by atoms with van der Waals surface area (Å²) in [6.45, 7) is 9.84. The van der Waals surface area contributed by atoms with Crippen molar-refractivity contribution in [1.29, 1.82) is 0 Å². The van der Waals surface area contributed by atoms with Gasteiger partial charge in [0.1, 0.15) is 6.04 Å². The molecule has 1 saturated heterocycles. The average Bonchev–Trinajstić information content (AvgIpc) is 2.40. The van der Waals surface area contributed by atoms with Crippen LogP contribution in [-0.2, 0) is 9.53 Å². The third kappa shape index (κ3) is 5.80. The third-order valence-corrected chi connectivity index (χ3v) is 4.27. The number of anilines is 1. The molecule has 0 saturated carbocycles. The summed E-state index contributed by atoms with van der Waals surface area (Å²) in [5, 5.41) is 6.13. The predicted octanol–water partition coefficient (Wildman–Crippen LogP) is 3.31. The van der Waals surface area contributed by atoms with E-state index in [4.69, 9.17) is 4.74 Å². The summed E-state index contributed by atoms with van der Waals surface area (Å²) in [5.41, 5.74) is 0.817. The van der Waals surface area contributed by atoms with E-state index in [0.717, 1.165) is 5.69 Å². The Balaban J connectivity index is 0.00000242. The number of thioether (sulfide) groups is 1. The highest BCUT2D eigenvalue weighted by molar-refractivity contribution is 8.00. The number of morpholine rings is 1. The maximum Gasteiger partial charge on any atom is 0.244 e. The Labute approximate surface area is 143 Å². The van der Waals surface area contributed by atoms with E-state index in [2.05, 4.69) is 31.4 Å². The predicted molar refractivity (Wildman–Crippen MR) is 95.1 cm³/mol. The molecule has 1 fully saturated rings. The first-order valence-electron chi connectivity index (χ1n) is 7.30. The Morgan fingerprint density at radius 1 is 1.32 bits per heavy atom. The Kier molecular flexibility index (Phi) is 7.19. The quantitative estimate of drug-likeness (QED) is 0.826. The van der Waals surface area contributed by atoms with Crippen molar-refractivity contribution in [3.63, 3.8) is 0 Å². The van der Waals surface area contributed by atoms with Gasteiger partial charge in [0.25, 0.3) is 0 Å². The molecular weight excluding hydrogens is 320 g/mol. The van der Waals surface area contributed by atoms with E-state index >= 15 is 0 Å². The molecule has 1 aliphatic rings. The van der Waals surface area contributed by atoms with Crippen molar-refractivity contribution < 1.29 is 9.53 Å². The summed E-state index contributed by atoms with van der Waals surface area (Å²) in [5.74, 6) is -0.0431. The molecule has 1 heterocycles. The van der Waals surface area contributed by atoms with Gasteiger partial charge in [0.2, 0.25) is 5.91 Å². The number of carbonyl (C=O) groups excluding carboxylic acids is 1. The fraction of sp³-hybridized carbons (Fsp3) is 0.562. The van der Waals surface area contributed by atoms with E-state index in [-0.39, 0.29) is 35.2 Å². The lowest BCUT2D eigenvalue weighted by atomic mass is 10.1. The number of halogens is 1. The number of rotatable bonds is 3. The molecule has 0 unspecified atom stereocenters. The van der Waals surface area contributed by atoms with Crippen LogP contribution in [0.4, 0.5) is 5.69 Å². The maximum absolute atomic E-state index is 12.2. The minimum Gasteiger partial charge on any atom is -0.375 e. The first-order chi connectivity index (χ1) is 9.85. The van der Waals surface area contributed by atoms with Crippen LogP contribution in [0.25, 0.3) is 0 Å². The zero-order valence-electron chi connectivity index (χ0n) is 13.5. The van der Waals surface area contributed by atoms with Crippen LogP contribution < -0.4 is 10.6 Å². The van der Waals surface area contributed by atoms with Gasteiger partial charge in [0, 0.05) is 21.9 Å². The molecule has 6 heteroatoms. The Bertz CT molecular complexity index is 488. The summed E-state index contributed by atoms with van der Waals surface area (Å²) in [7, 11) is 0. The first-order valence-corrected chi connectivity index (χ1v) is 8.12. The van der Waals surface area contributed by atoms with Crippen molar-refractivity contribution in [2.24, 2.45) is 0 Å². The van der Waals surface area contributed by atoms with Crippen molar-refractivity contribution in [3.8, 4) is 0 Å². The molecule has 2 N–H and O–H groups in total. The minimum absolute atomic E-state index is 0. The highest BCUT2D eigenvalue weighted by Gasteiger charge is 2.28. The van der Waals surface area contributed by atoms with Crippen LogP contribution in [0, 0.1) is 0 Å². The van der Waals surface area contributed by atoms with E-state index in [1.807, 2.05) is 43.0 Å². The van der Waals surface area contributed by atoms with Crippen LogP contribution in [-0.4, -0.2) is 36.0 Å². The highest BCUT2D eigenvalue weighted by atomic mass is 35.5. The van der Waals surface area contributed by atoms with Gasteiger partial charge in [-0.05, 0) is 31.2 Å². The van der Waals surface area contributed by atoms with Gasteiger partial charge in [-0.1, -0.05) is 20.8 Å². The lowest BCUT2D eigenvalue weighted by molar-refractivity contribution is -0.123. The number of nitrogens with one attached hydrogen (secondary N) is 2. The molecule has 4 nitrogen and oxygen atoms in total. The van der Waals surface area contributed by atoms with Gasteiger partial charge >= 0.3 is 0 Å². The summed E-state index contributed by atoms with van der Waals surface area (Å²) in [4.78, 5) is 13.4. The summed E-state index contributed by atoms with van der Waals surface area (Å²) < 4.78 is 5.68. The standard InChI is InChI=1S/C16H24N2O2S.ClH/c1-11-14(17-9-10-20-11)15(19)18-12-5-7-13(8-6-12)21-16(2,3)4;/h5-8,11,14,17H,9-10H2,1-4H3,(H,18,19);1H/t11-,14+;/m1./s1. The van der Waals surface area contributed by atoms with Crippen LogP contribution in [0.2, 0.25) is 0 Å². The zero-order chi connectivity index (χ0) is 15.5. The van der Waals surface area contributed by atoms with Gasteiger partial charge in [-0.3, -0.25) is 4.79 Å². The van der Waals surface area contributed by atoms with Crippen LogP contribution in [0.15, 0.2) is 29.2 Å². The number of amides is 1. The van der Waals surface area contributed by atoms with Crippen LogP contribution in [0.5, 0.6) is 0 Å². The molecule has 2 atom stereocenters. The van der Waals surface area contributed by atoms with Gasteiger partial charge in [-0.15, -0.1) is 24.2 Å². The highest BCUT2D eigenvalue weighted by Crippen LogP contribution is 2.32. The number of benzene rings is 1. The van der Waals surface area contributed by atoms with Gasteiger partial charge in [0.05, 0.1) is 12.7 Å². The maximum atomic E-state index is 12.2. The van der Waals surface area contributed by atoms with Crippen molar-refractivity contribution in [2.45, 2.75) is 49.5 Å². The zero-order valence-corrected chi connectivity index (χ0v) is 15.1. The number of ether oxygens (including phenoxy) is 1. The number of hydrogen-bond acceptors (Lipinski definition) is 4. The van der Waals surface area contributed by atoms with E-state index < -0.39 is 0 Å². The molecule has 0 aliphatic carbocycles. The summed E-state index contributed by atoms with van der Waals surface area (Å²) >= 11 is 1.81. The Hall–Kier alpha value is -0.750. The number of carbonyl (C=O) groups is 1. The lowest BCUT2D eigenvalue weighted by Crippen LogP contribution is -2.53. The summed E-state index contributed by atoms with van der Waals surface area (Å²) in [6.07, 6.45) is -0.102. The van der Waals surface area contributed by atoms with Crippen molar-refractivity contribution >= 4 is 35.8 Å². The SMILES string of the molecule is C[C@H]1OCCN[C@@H]1C(=O)Nc1ccc(SC(C)(C)C)cc1.Cl. The van der Waals surface area contributed by atoms with Gasteiger partial charge < -0.3 is 15.4 Å². The monoisotopic (exact) mass is 344 g/mol. The number of hydrogen-bond donors (Lipinski definition) is 2. The van der Waals surface area contributed by atoms with E-state index in [1.54, 1.807) is 0 Å². The van der Waals surface area contributed by atoms with Gasteiger partial charge in [-0.2, -0.15) is 0 Å². The summed E-state index contributed by atoms with van der Waals surface area (Å²) in [6, 6.07) is 7.68. The van der Waals surface area contributed by atoms with Crippen molar-refractivity contribution in [3.05, 3.63) is 24.3 Å². The third-order valence-electron chi connectivity index (χ3n) is 3.14. The molecule has 22 heavy (non-hydrogen) atoms. The van der Waals surface area contributed by atoms with E-state index in [9.17, 15) is 4.79 Å².